The Bertz CT molecular complexity index is 625. The molecular weight excluding hydrogens is 294 g/mol. The van der Waals surface area contributed by atoms with Crippen molar-refractivity contribution >= 4 is 29.0 Å². The lowest BCUT2D eigenvalue weighted by molar-refractivity contribution is 0.252. The van der Waals surface area contributed by atoms with Crippen LogP contribution in [0.25, 0.3) is 0 Å². The number of para-hydroxylation sites is 1. The fraction of sp³-hybridized carbons (Fsp3) is 0.357. The number of benzene rings is 1. The average Bonchev–Trinajstić information content (AvgIpc) is 2.69. The van der Waals surface area contributed by atoms with E-state index in [4.69, 9.17) is 5.73 Å². The van der Waals surface area contributed by atoms with E-state index in [-0.39, 0.29) is 6.04 Å². The van der Waals surface area contributed by atoms with Gasteiger partial charge in [-0.2, -0.15) is 13.9 Å². The molecule has 0 saturated carbocycles. The number of rotatable bonds is 5. The molecule has 21 heavy (non-hydrogen) atoms. The van der Waals surface area contributed by atoms with Crippen LogP contribution < -0.4 is 11.1 Å². The van der Waals surface area contributed by atoms with E-state index in [0.29, 0.717) is 39.5 Å². The smallest absolute Gasteiger partial charge is 0.288 e. The second-order valence-corrected chi connectivity index (χ2v) is 5.92. The SMILES string of the molecule is Cc1nn(C(C)C)c(Nc2ccccc2SC(F)F)c1N. The van der Waals surface area contributed by atoms with Gasteiger partial charge in [-0.1, -0.05) is 23.9 Å². The summed E-state index contributed by atoms with van der Waals surface area (Å²) in [6, 6.07) is 7.02. The van der Waals surface area contributed by atoms with Crippen molar-refractivity contribution in [1.29, 1.82) is 0 Å². The van der Waals surface area contributed by atoms with Gasteiger partial charge in [-0.15, -0.1) is 0 Å². The zero-order chi connectivity index (χ0) is 15.6. The summed E-state index contributed by atoms with van der Waals surface area (Å²) in [5.74, 6) is -1.84. The first-order valence-electron chi connectivity index (χ1n) is 6.55. The first kappa shape index (κ1) is 15.6. The topological polar surface area (TPSA) is 55.9 Å². The number of nitrogen functional groups attached to an aromatic ring is 1. The fourth-order valence-corrected chi connectivity index (χ4v) is 2.55. The largest absolute Gasteiger partial charge is 0.394 e. The molecule has 0 spiro atoms. The molecule has 4 nitrogen and oxygen atoms in total. The van der Waals surface area contributed by atoms with Gasteiger partial charge in [-0.05, 0) is 32.9 Å². The van der Waals surface area contributed by atoms with Crippen LogP contribution in [0.5, 0.6) is 0 Å². The third kappa shape index (κ3) is 3.47. The molecule has 1 heterocycles. The van der Waals surface area contributed by atoms with Gasteiger partial charge in [0, 0.05) is 10.9 Å². The highest BCUT2D eigenvalue weighted by atomic mass is 32.2. The van der Waals surface area contributed by atoms with Gasteiger partial charge in [-0.25, -0.2) is 4.68 Å². The average molecular weight is 312 g/mol. The Morgan fingerprint density at radius 2 is 1.95 bits per heavy atom. The summed E-state index contributed by atoms with van der Waals surface area (Å²) in [4.78, 5) is 0.473. The van der Waals surface area contributed by atoms with Crippen molar-refractivity contribution in [2.45, 2.75) is 37.5 Å². The maximum absolute atomic E-state index is 12.6. The van der Waals surface area contributed by atoms with Crippen LogP contribution in [0, 0.1) is 6.92 Å². The Morgan fingerprint density at radius 1 is 1.29 bits per heavy atom. The number of anilines is 3. The van der Waals surface area contributed by atoms with Gasteiger partial charge >= 0.3 is 0 Å². The number of halogens is 2. The molecule has 7 heteroatoms. The number of nitrogens with two attached hydrogens (primary N) is 1. The molecule has 114 valence electrons. The van der Waals surface area contributed by atoms with E-state index in [2.05, 4.69) is 10.4 Å². The van der Waals surface area contributed by atoms with Crippen LogP contribution in [0.15, 0.2) is 29.2 Å². The first-order valence-corrected chi connectivity index (χ1v) is 7.43. The maximum Gasteiger partial charge on any atom is 0.288 e. The van der Waals surface area contributed by atoms with E-state index in [1.165, 1.54) is 0 Å². The van der Waals surface area contributed by atoms with E-state index in [1.807, 2.05) is 20.8 Å². The van der Waals surface area contributed by atoms with Crippen molar-refractivity contribution < 1.29 is 8.78 Å². The molecule has 0 saturated heterocycles. The molecule has 0 unspecified atom stereocenters. The number of aromatic nitrogens is 2. The van der Waals surface area contributed by atoms with Crippen molar-refractivity contribution in [3.05, 3.63) is 30.0 Å². The summed E-state index contributed by atoms with van der Waals surface area (Å²) in [6.45, 7) is 5.78. The van der Waals surface area contributed by atoms with Crippen LogP contribution in [0.2, 0.25) is 0 Å². The van der Waals surface area contributed by atoms with Crippen LogP contribution >= 0.6 is 11.8 Å². The van der Waals surface area contributed by atoms with Crippen molar-refractivity contribution in [2.75, 3.05) is 11.1 Å². The van der Waals surface area contributed by atoms with Crippen molar-refractivity contribution in [3.8, 4) is 0 Å². The molecule has 2 rings (SSSR count). The van der Waals surface area contributed by atoms with E-state index in [0.717, 1.165) is 0 Å². The predicted octanol–water partition coefficient (Wildman–Crippen LogP) is 4.41. The molecule has 1 aromatic carbocycles. The monoisotopic (exact) mass is 312 g/mol. The normalized spacial score (nSPS) is 11.4. The van der Waals surface area contributed by atoms with Crippen LogP contribution in [0.1, 0.15) is 25.6 Å². The van der Waals surface area contributed by atoms with E-state index in [1.54, 1.807) is 28.9 Å². The van der Waals surface area contributed by atoms with Crippen molar-refractivity contribution in [1.82, 2.24) is 9.78 Å². The lowest BCUT2D eigenvalue weighted by atomic mass is 10.3. The Kier molecular flexibility index (Phi) is 4.72. The molecule has 0 radical (unpaired) electrons. The highest BCUT2D eigenvalue weighted by molar-refractivity contribution is 7.99. The molecule has 0 fully saturated rings. The minimum atomic E-state index is -2.47. The van der Waals surface area contributed by atoms with E-state index >= 15 is 0 Å². The zero-order valence-corrected chi connectivity index (χ0v) is 12.9. The number of aryl methyl sites for hydroxylation is 1. The molecular formula is C14H18F2N4S. The summed E-state index contributed by atoms with van der Waals surface area (Å²) in [6.07, 6.45) is 0. The van der Waals surface area contributed by atoms with Crippen molar-refractivity contribution in [3.63, 3.8) is 0 Å². The van der Waals surface area contributed by atoms with Gasteiger partial charge in [0.25, 0.3) is 5.76 Å². The Labute approximate surface area is 126 Å². The number of alkyl halides is 2. The van der Waals surface area contributed by atoms with Gasteiger partial charge < -0.3 is 11.1 Å². The highest BCUT2D eigenvalue weighted by Gasteiger charge is 2.17. The Hall–Kier alpha value is -1.76. The van der Waals surface area contributed by atoms with E-state index in [9.17, 15) is 8.78 Å². The second-order valence-electron chi connectivity index (χ2n) is 4.89. The molecule has 1 aromatic heterocycles. The standard InChI is InChI=1S/C14H18F2N4S/c1-8(2)20-13(12(17)9(3)19-20)18-10-6-4-5-7-11(10)21-14(15)16/h4-8,14,18H,17H2,1-3H3. The molecule has 0 bridgehead atoms. The summed E-state index contributed by atoms with van der Waals surface area (Å²) in [7, 11) is 0. The third-order valence-corrected chi connectivity index (χ3v) is 3.77. The number of thioether (sulfide) groups is 1. The van der Waals surface area contributed by atoms with Crippen LogP contribution in [-0.4, -0.2) is 15.5 Å². The Balaban J connectivity index is 2.39. The molecule has 0 aliphatic carbocycles. The van der Waals surface area contributed by atoms with E-state index < -0.39 is 5.76 Å². The zero-order valence-electron chi connectivity index (χ0n) is 12.1. The molecule has 2 aromatic rings. The van der Waals surface area contributed by atoms with Crippen LogP contribution in [0.3, 0.4) is 0 Å². The summed E-state index contributed by atoms with van der Waals surface area (Å²) in [5.41, 5.74) is 7.87. The first-order chi connectivity index (χ1) is 9.90. The number of hydrogen-bond acceptors (Lipinski definition) is 4. The predicted molar refractivity (Wildman–Crippen MR) is 83.3 cm³/mol. The molecule has 0 atom stereocenters. The van der Waals surface area contributed by atoms with Gasteiger partial charge in [0.05, 0.1) is 17.1 Å². The second kappa shape index (κ2) is 6.34. The lowest BCUT2D eigenvalue weighted by Crippen LogP contribution is -2.08. The number of hydrogen-bond donors (Lipinski definition) is 2. The van der Waals surface area contributed by atoms with Gasteiger partial charge in [0.15, 0.2) is 5.82 Å². The highest BCUT2D eigenvalue weighted by Crippen LogP contribution is 2.35. The van der Waals surface area contributed by atoms with Gasteiger partial charge in [-0.3, -0.25) is 0 Å². The van der Waals surface area contributed by atoms with Gasteiger partial charge in [0.1, 0.15) is 0 Å². The quantitative estimate of drug-likeness (QED) is 0.803. The minimum Gasteiger partial charge on any atom is -0.394 e. The molecule has 0 aliphatic rings. The lowest BCUT2D eigenvalue weighted by Gasteiger charge is -2.15. The number of nitrogens with one attached hydrogen (secondary N) is 1. The summed E-state index contributed by atoms with van der Waals surface area (Å²) in [5, 5.41) is 7.51. The van der Waals surface area contributed by atoms with Gasteiger partial charge in [0.2, 0.25) is 0 Å². The molecule has 0 amide bonds. The Morgan fingerprint density at radius 3 is 2.57 bits per heavy atom. The minimum absolute atomic E-state index is 0.110. The maximum atomic E-state index is 12.6. The molecule has 0 aliphatic heterocycles. The summed E-state index contributed by atoms with van der Waals surface area (Å²) >= 11 is 0.505. The van der Waals surface area contributed by atoms with Crippen LogP contribution in [-0.2, 0) is 0 Å². The van der Waals surface area contributed by atoms with Crippen LogP contribution in [0.4, 0.5) is 26.0 Å². The third-order valence-electron chi connectivity index (χ3n) is 2.98. The fourth-order valence-electron chi connectivity index (χ4n) is 1.95. The molecule has 3 N–H and O–H groups in total. The number of nitrogens with zero attached hydrogens (tertiary/aromatic N) is 2. The summed E-state index contributed by atoms with van der Waals surface area (Å²) < 4.78 is 27.0. The van der Waals surface area contributed by atoms with Crippen molar-refractivity contribution in [2.24, 2.45) is 0 Å².